The van der Waals surface area contributed by atoms with Gasteiger partial charge in [-0.2, -0.15) is 0 Å². The predicted octanol–water partition coefficient (Wildman–Crippen LogP) is 5.85. The molecule has 0 aliphatic carbocycles. The Kier molecular flexibility index (Phi) is 4.96. The van der Waals surface area contributed by atoms with E-state index < -0.39 is 0 Å². The van der Waals surface area contributed by atoms with Crippen LogP contribution in [0.4, 0.5) is 0 Å². The van der Waals surface area contributed by atoms with Gasteiger partial charge in [0.1, 0.15) is 0 Å². The quantitative estimate of drug-likeness (QED) is 0.348. The first-order valence-corrected chi connectivity index (χ1v) is 10.1. The fourth-order valence-corrected chi connectivity index (χ4v) is 3.59. The highest BCUT2D eigenvalue weighted by Gasteiger charge is 2.07. The van der Waals surface area contributed by atoms with Crippen LogP contribution in [0.15, 0.2) is 72.8 Å². The second-order valence-corrected chi connectivity index (χ2v) is 7.37. The summed E-state index contributed by atoms with van der Waals surface area (Å²) >= 11 is 0. The van der Waals surface area contributed by atoms with Gasteiger partial charge in [0, 0.05) is 22.4 Å². The highest BCUT2D eigenvalue weighted by atomic mass is 14.8. The summed E-state index contributed by atoms with van der Waals surface area (Å²) in [6.45, 7) is 0. The van der Waals surface area contributed by atoms with Crippen LogP contribution in [0, 0.1) is 0 Å². The first-order valence-electron chi connectivity index (χ1n) is 10.1. The minimum absolute atomic E-state index is 0.963. The fraction of sp³-hybridized carbons (Fsp3) is 0.0769. The molecule has 0 saturated heterocycles. The molecule has 0 amide bonds. The monoisotopic (exact) mass is 390 g/mol. The number of H-pyrrole nitrogens is 2. The summed E-state index contributed by atoms with van der Waals surface area (Å²) in [6, 6.07) is 24.5. The zero-order chi connectivity index (χ0) is 20.2. The SMILES string of the molecule is C1=Cc2cc3ccc(cc4nc(cc5[nH]c(cc1n2)CC5)C=C4)[nH]3.c1ccccc1. The number of hydrogen-bond acceptors (Lipinski definition) is 2. The molecule has 146 valence electrons. The molecule has 0 fully saturated rings. The van der Waals surface area contributed by atoms with Gasteiger partial charge < -0.3 is 9.97 Å². The van der Waals surface area contributed by atoms with Gasteiger partial charge >= 0.3 is 0 Å². The van der Waals surface area contributed by atoms with Crippen molar-refractivity contribution in [3.05, 3.63) is 107 Å². The van der Waals surface area contributed by atoms with E-state index in [1.54, 1.807) is 0 Å². The average molecular weight is 390 g/mol. The van der Waals surface area contributed by atoms with Crippen LogP contribution in [0.25, 0.3) is 35.3 Å². The summed E-state index contributed by atoms with van der Waals surface area (Å²) in [4.78, 5) is 16.2. The third kappa shape index (κ3) is 4.39. The summed E-state index contributed by atoms with van der Waals surface area (Å²) in [5.74, 6) is 0. The number of nitrogens with zero attached hydrogens (tertiary/aromatic N) is 2. The number of aromatic amines is 2. The maximum Gasteiger partial charge on any atom is 0.0658 e. The van der Waals surface area contributed by atoms with Crippen molar-refractivity contribution in [3.8, 4) is 0 Å². The van der Waals surface area contributed by atoms with Gasteiger partial charge in [0.2, 0.25) is 0 Å². The fourth-order valence-electron chi connectivity index (χ4n) is 3.59. The predicted molar refractivity (Wildman–Crippen MR) is 124 cm³/mol. The zero-order valence-corrected chi connectivity index (χ0v) is 16.5. The summed E-state index contributed by atoms with van der Waals surface area (Å²) < 4.78 is 0. The number of benzene rings is 1. The summed E-state index contributed by atoms with van der Waals surface area (Å²) in [5.41, 5.74) is 8.40. The summed E-state index contributed by atoms with van der Waals surface area (Å²) in [5, 5.41) is 0. The van der Waals surface area contributed by atoms with Crippen LogP contribution in [0.1, 0.15) is 34.2 Å². The standard InChI is InChI=1S/C20H16N4.C6H6/c1-2-14-10-16-5-6-18(23-16)12-20-8-7-19(24-20)11-17-4-3-15(22-17)9-13(1)21-14;1-2-4-6-5-3-1/h1-6,9-12,21,24H,7-8H2;1-6H. The molecule has 6 rings (SSSR count). The van der Waals surface area contributed by atoms with Gasteiger partial charge in [0.15, 0.2) is 0 Å². The second-order valence-electron chi connectivity index (χ2n) is 7.37. The van der Waals surface area contributed by atoms with Crippen molar-refractivity contribution < 1.29 is 0 Å². The van der Waals surface area contributed by atoms with Crippen molar-refractivity contribution in [1.29, 1.82) is 0 Å². The Morgan fingerprint density at radius 1 is 0.500 bits per heavy atom. The lowest BCUT2D eigenvalue weighted by Gasteiger charge is -1.87. The van der Waals surface area contributed by atoms with Crippen molar-refractivity contribution in [1.82, 2.24) is 19.9 Å². The van der Waals surface area contributed by atoms with Crippen LogP contribution < -0.4 is 0 Å². The normalized spacial score (nSPS) is 12.8. The Bertz CT molecular complexity index is 1180. The van der Waals surface area contributed by atoms with Crippen molar-refractivity contribution in [3.63, 3.8) is 0 Å². The molecule has 0 atom stereocenters. The molecule has 30 heavy (non-hydrogen) atoms. The van der Waals surface area contributed by atoms with Crippen molar-refractivity contribution >= 4 is 35.3 Å². The largest absolute Gasteiger partial charge is 0.362 e. The molecule has 0 saturated carbocycles. The van der Waals surface area contributed by atoms with E-state index in [2.05, 4.69) is 68.5 Å². The van der Waals surface area contributed by atoms with Crippen LogP contribution in [0.5, 0.6) is 0 Å². The van der Waals surface area contributed by atoms with Gasteiger partial charge in [0.25, 0.3) is 0 Å². The molecule has 2 aromatic heterocycles. The summed E-state index contributed by atoms with van der Waals surface area (Å²) in [7, 11) is 0. The number of fused-ring (bicyclic) bond motifs is 8. The van der Waals surface area contributed by atoms with Crippen molar-refractivity contribution in [2.24, 2.45) is 0 Å². The minimum Gasteiger partial charge on any atom is -0.362 e. The molecule has 5 heterocycles. The first-order chi connectivity index (χ1) is 14.8. The molecule has 2 N–H and O–H groups in total. The van der Waals surface area contributed by atoms with E-state index in [1.807, 2.05) is 48.6 Å². The molecule has 0 spiro atoms. The lowest BCUT2D eigenvalue weighted by Crippen LogP contribution is -1.80. The number of aryl methyl sites for hydroxylation is 2. The molecule has 3 aromatic rings. The molecular formula is C26H22N4. The van der Waals surface area contributed by atoms with E-state index in [1.165, 1.54) is 11.4 Å². The van der Waals surface area contributed by atoms with Gasteiger partial charge in [0.05, 0.1) is 22.8 Å². The van der Waals surface area contributed by atoms with Crippen LogP contribution in [0.2, 0.25) is 0 Å². The Morgan fingerprint density at radius 2 is 0.900 bits per heavy atom. The first kappa shape index (κ1) is 18.1. The Hall–Kier alpha value is -3.92. The van der Waals surface area contributed by atoms with Gasteiger partial charge in [-0.05, 0) is 73.5 Å². The van der Waals surface area contributed by atoms with Gasteiger partial charge in [-0.1, -0.05) is 36.4 Å². The van der Waals surface area contributed by atoms with Crippen LogP contribution in [-0.4, -0.2) is 19.9 Å². The van der Waals surface area contributed by atoms with Gasteiger partial charge in [-0.3, -0.25) is 0 Å². The molecule has 4 nitrogen and oxygen atoms in total. The number of nitrogens with one attached hydrogen (secondary N) is 2. The molecule has 3 aliphatic rings. The third-order valence-electron chi connectivity index (χ3n) is 5.00. The summed E-state index contributed by atoms with van der Waals surface area (Å²) in [6.07, 6.45) is 10.2. The molecule has 0 radical (unpaired) electrons. The molecule has 0 unspecified atom stereocenters. The zero-order valence-electron chi connectivity index (χ0n) is 16.5. The molecule has 8 bridgehead atoms. The van der Waals surface area contributed by atoms with E-state index in [0.717, 1.165) is 46.7 Å². The van der Waals surface area contributed by atoms with Gasteiger partial charge in [-0.15, -0.1) is 0 Å². The number of hydrogen-bond donors (Lipinski definition) is 2. The van der Waals surface area contributed by atoms with Crippen LogP contribution >= 0.6 is 0 Å². The van der Waals surface area contributed by atoms with E-state index in [9.17, 15) is 0 Å². The van der Waals surface area contributed by atoms with E-state index in [4.69, 9.17) is 0 Å². The Morgan fingerprint density at radius 3 is 1.33 bits per heavy atom. The highest BCUT2D eigenvalue weighted by molar-refractivity contribution is 5.75. The topological polar surface area (TPSA) is 57.4 Å². The average Bonchev–Trinajstić information content (AvgIpc) is 3.56. The maximum atomic E-state index is 4.67. The molecule has 1 aromatic carbocycles. The molecular weight excluding hydrogens is 368 g/mol. The second kappa shape index (κ2) is 8.21. The smallest absolute Gasteiger partial charge is 0.0658 e. The van der Waals surface area contributed by atoms with E-state index in [-0.39, 0.29) is 0 Å². The van der Waals surface area contributed by atoms with E-state index >= 15 is 0 Å². The van der Waals surface area contributed by atoms with E-state index in [0.29, 0.717) is 0 Å². The minimum atomic E-state index is 0.963. The molecule has 4 heteroatoms. The van der Waals surface area contributed by atoms with Crippen LogP contribution in [0.3, 0.4) is 0 Å². The lowest BCUT2D eigenvalue weighted by molar-refractivity contribution is 1.02. The Labute approximate surface area is 175 Å². The van der Waals surface area contributed by atoms with Crippen molar-refractivity contribution in [2.75, 3.05) is 0 Å². The number of aromatic nitrogens is 4. The highest BCUT2D eigenvalue weighted by Crippen LogP contribution is 2.18. The molecule has 3 aliphatic heterocycles. The third-order valence-corrected chi connectivity index (χ3v) is 5.00. The van der Waals surface area contributed by atoms with Crippen molar-refractivity contribution in [2.45, 2.75) is 12.8 Å². The number of rotatable bonds is 0. The maximum absolute atomic E-state index is 4.67. The van der Waals surface area contributed by atoms with Gasteiger partial charge in [-0.25, -0.2) is 9.97 Å². The Balaban J connectivity index is 0.000000279. The van der Waals surface area contributed by atoms with Crippen LogP contribution in [-0.2, 0) is 12.8 Å². The lowest BCUT2D eigenvalue weighted by atomic mass is 10.2.